The van der Waals surface area contributed by atoms with Crippen molar-refractivity contribution in [3.05, 3.63) is 65.2 Å². The first kappa shape index (κ1) is 20.5. The van der Waals surface area contributed by atoms with Gasteiger partial charge in [-0.2, -0.15) is 0 Å². The summed E-state index contributed by atoms with van der Waals surface area (Å²) in [5.74, 6) is -2.43. The van der Waals surface area contributed by atoms with Gasteiger partial charge in [0.05, 0.1) is 24.3 Å². The van der Waals surface area contributed by atoms with E-state index in [2.05, 4.69) is 4.98 Å². The molecule has 152 valence electrons. The molecule has 1 fully saturated rings. The molecule has 2 aromatic rings. The van der Waals surface area contributed by atoms with Crippen LogP contribution in [0.15, 0.2) is 48.3 Å². The fraction of sp³-hybridized carbons (Fsp3) is 0.286. The van der Waals surface area contributed by atoms with Crippen LogP contribution in [0, 0.1) is 5.82 Å². The summed E-state index contributed by atoms with van der Waals surface area (Å²) in [6.07, 6.45) is 3.09. The average Bonchev–Trinajstić information content (AvgIpc) is 2.97. The summed E-state index contributed by atoms with van der Waals surface area (Å²) in [5.41, 5.74) is 0.524. The van der Waals surface area contributed by atoms with E-state index < -0.39 is 29.3 Å². The number of halogens is 1. The molecule has 2 heterocycles. The summed E-state index contributed by atoms with van der Waals surface area (Å²) in [6.45, 7) is 0.805. The smallest absolute Gasteiger partial charge is 0.295 e. The van der Waals surface area contributed by atoms with Gasteiger partial charge in [0.25, 0.3) is 11.7 Å². The third-order valence-electron chi connectivity index (χ3n) is 4.77. The van der Waals surface area contributed by atoms with E-state index in [1.807, 2.05) is 19.0 Å². The number of hydrogen-bond donors (Lipinski definition) is 1. The van der Waals surface area contributed by atoms with Gasteiger partial charge in [0.15, 0.2) is 0 Å². The normalized spacial score (nSPS) is 18.5. The minimum atomic E-state index is -0.825. The van der Waals surface area contributed by atoms with E-state index in [0.29, 0.717) is 12.1 Å². The minimum Gasteiger partial charge on any atom is -0.507 e. The van der Waals surface area contributed by atoms with Crippen LogP contribution in [0.5, 0.6) is 5.75 Å². The number of likely N-dealkylation sites (tertiary alicyclic amines) is 1. The molecule has 3 rings (SSSR count). The van der Waals surface area contributed by atoms with E-state index >= 15 is 0 Å². The van der Waals surface area contributed by atoms with Crippen molar-refractivity contribution in [3.63, 3.8) is 0 Å². The third kappa shape index (κ3) is 3.97. The van der Waals surface area contributed by atoms with Gasteiger partial charge in [-0.15, -0.1) is 0 Å². The zero-order chi connectivity index (χ0) is 21.1. The van der Waals surface area contributed by atoms with Crippen molar-refractivity contribution in [2.75, 3.05) is 34.3 Å². The summed E-state index contributed by atoms with van der Waals surface area (Å²) >= 11 is 0. The van der Waals surface area contributed by atoms with Crippen molar-refractivity contribution in [3.8, 4) is 5.75 Å². The number of carbonyl (C=O) groups excluding carboxylic acids is 2. The van der Waals surface area contributed by atoms with Gasteiger partial charge in [0, 0.05) is 25.5 Å². The van der Waals surface area contributed by atoms with Crippen molar-refractivity contribution in [2.24, 2.45) is 0 Å². The standard InChI is InChI=1S/C21H22FN3O4/c1-24(2)10-11-25-18(13-6-8-23-9-7-13)17(20(27)21(25)28)19(26)15-12-14(22)4-5-16(15)29-3/h4-9,12,18,26H,10-11H2,1-3H3/b19-17+/t18-/m0/s1. The quantitative estimate of drug-likeness (QED) is 0.456. The number of carbonyl (C=O) groups is 2. The van der Waals surface area contributed by atoms with E-state index in [1.165, 1.54) is 24.1 Å². The molecule has 1 amide bonds. The molecule has 29 heavy (non-hydrogen) atoms. The first-order valence-corrected chi connectivity index (χ1v) is 9.02. The predicted octanol–water partition coefficient (Wildman–Crippen LogP) is 2.21. The Hall–Kier alpha value is -3.26. The number of methoxy groups -OCH3 is 1. The maximum Gasteiger partial charge on any atom is 0.295 e. The molecule has 1 aliphatic heterocycles. The lowest BCUT2D eigenvalue weighted by Crippen LogP contribution is -2.35. The summed E-state index contributed by atoms with van der Waals surface area (Å²) in [7, 11) is 5.09. The molecule has 1 N–H and O–H groups in total. The molecular formula is C21H22FN3O4. The van der Waals surface area contributed by atoms with Crippen molar-refractivity contribution in [1.29, 1.82) is 0 Å². The monoisotopic (exact) mass is 399 g/mol. The number of benzene rings is 1. The maximum absolute atomic E-state index is 13.8. The van der Waals surface area contributed by atoms with Gasteiger partial charge in [-0.3, -0.25) is 14.6 Å². The summed E-state index contributed by atoms with van der Waals surface area (Å²) < 4.78 is 19.0. The molecule has 0 unspecified atom stereocenters. The highest BCUT2D eigenvalue weighted by atomic mass is 19.1. The number of Topliss-reactive ketones (excluding diaryl/α,β-unsaturated/α-hetero) is 1. The second-order valence-electron chi connectivity index (χ2n) is 6.92. The van der Waals surface area contributed by atoms with Crippen LogP contribution in [0.2, 0.25) is 0 Å². The van der Waals surface area contributed by atoms with E-state index in [0.717, 1.165) is 6.07 Å². The highest BCUT2D eigenvalue weighted by Crippen LogP contribution is 2.40. The molecular weight excluding hydrogens is 377 g/mol. The molecule has 1 aromatic carbocycles. The molecule has 0 saturated carbocycles. The number of ether oxygens (including phenoxy) is 1. The average molecular weight is 399 g/mol. The zero-order valence-corrected chi connectivity index (χ0v) is 16.4. The number of rotatable bonds is 6. The molecule has 0 bridgehead atoms. The first-order chi connectivity index (χ1) is 13.8. The van der Waals surface area contributed by atoms with Crippen molar-refractivity contribution >= 4 is 17.4 Å². The topological polar surface area (TPSA) is 83.0 Å². The van der Waals surface area contributed by atoms with Crippen molar-refractivity contribution < 1.29 is 23.8 Å². The number of amides is 1. The van der Waals surface area contributed by atoms with Crippen molar-refractivity contribution in [2.45, 2.75) is 6.04 Å². The van der Waals surface area contributed by atoms with Gasteiger partial charge in [-0.05, 0) is 50.0 Å². The Balaban J connectivity index is 2.19. The number of aliphatic hydroxyl groups excluding tert-OH is 1. The van der Waals surface area contributed by atoms with Gasteiger partial charge < -0.3 is 19.6 Å². The van der Waals surface area contributed by atoms with Crippen LogP contribution in [0.4, 0.5) is 4.39 Å². The number of ketones is 1. The number of aliphatic hydroxyl groups is 1. The largest absolute Gasteiger partial charge is 0.507 e. The SMILES string of the molecule is COc1ccc(F)cc1/C(O)=C1\C(=O)C(=O)N(CCN(C)C)[C@H]1c1ccncc1. The number of nitrogens with zero attached hydrogens (tertiary/aromatic N) is 3. The molecule has 8 heteroatoms. The van der Waals surface area contributed by atoms with E-state index in [-0.39, 0.29) is 23.4 Å². The minimum absolute atomic E-state index is 0.0113. The lowest BCUT2D eigenvalue weighted by molar-refractivity contribution is -0.140. The second kappa shape index (κ2) is 8.40. The van der Waals surface area contributed by atoms with Crippen molar-refractivity contribution in [1.82, 2.24) is 14.8 Å². The Morgan fingerprint density at radius 3 is 2.55 bits per heavy atom. The van der Waals surface area contributed by atoms with Crippen LogP contribution in [0.25, 0.3) is 5.76 Å². The van der Waals surface area contributed by atoms with Crippen LogP contribution in [-0.2, 0) is 9.59 Å². The van der Waals surface area contributed by atoms with E-state index in [9.17, 15) is 19.1 Å². The zero-order valence-electron chi connectivity index (χ0n) is 16.4. The highest BCUT2D eigenvalue weighted by Gasteiger charge is 2.46. The van der Waals surface area contributed by atoms with Gasteiger partial charge in [-0.1, -0.05) is 0 Å². The van der Waals surface area contributed by atoms with Crippen LogP contribution >= 0.6 is 0 Å². The molecule has 0 aliphatic carbocycles. The van der Waals surface area contributed by atoms with Crippen LogP contribution in [0.1, 0.15) is 17.2 Å². The van der Waals surface area contributed by atoms with E-state index in [4.69, 9.17) is 4.74 Å². The summed E-state index contributed by atoms with van der Waals surface area (Å²) in [6, 6.07) is 6.15. The van der Waals surface area contributed by atoms with Crippen LogP contribution in [-0.4, -0.2) is 65.9 Å². The molecule has 0 spiro atoms. The Morgan fingerprint density at radius 1 is 1.24 bits per heavy atom. The Bertz CT molecular complexity index is 960. The third-order valence-corrected chi connectivity index (χ3v) is 4.77. The Labute approximate surface area is 168 Å². The van der Waals surface area contributed by atoms with Crippen LogP contribution < -0.4 is 4.74 Å². The second-order valence-corrected chi connectivity index (χ2v) is 6.92. The first-order valence-electron chi connectivity index (χ1n) is 9.02. The van der Waals surface area contributed by atoms with E-state index in [1.54, 1.807) is 24.5 Å². The molecule has 1 aliphatic rings. The lowest BCUT2D eigenvalue weighted by atomic mass is 9.95. The number of likely N-dealkylation sites (N-methyl/N-ethyl adjacent to an activating group) is 1. The number of aromatic nitrogens is 1. The van der Waals surface area contributed by atoms with Gasteiger partial charge in [-0.25, -0.2) is 4.39 Å². The molecule has 7 nitrogen and oxygen atoms in total. The fourth-order valence-electron chi connectivity index (χ4n) is 3.32. The molecule has 1 saturated heterocycles. The summed E-state index contributed by atoms with van der Waals surface area (Å²) in [5, 5.41) is 11.0. The molecule has 0 radical (unpaired) electrons. The van der Waals surface area contributed by atoms with Gasteiger partial charge in [0.2, 0.25) is 0 Å². The number of pyridine rings is 1. The van der Waals surface area contributed by atoms with Gasteiger partial charge >= 0.3 is 0 Å². The number of hydrogen-bond acceptors (Lipinski definition) is 6. The predicted molar refractivity (Wildman–Crippen MR) is 105 cm³/mol. The summed E-state index contributed by atoms with van der Waals surface area (Å²) in [4.78, 5) is 32.9. The fourth-order valence-corrected chi connectivity index (χ4v) is 3.32. The van der Waals surface area contributed by atoms with Crippen LogP contribution in [0.3, 0.4) is 0 Å². The molecule has 1 aromatic heterocycles. The molecule has 1 atom stereocenters. The lowest BCUT2D eigenvalue weighted by Gasteiger charge is -2.26. The maximum atomic E-state index is 13.8. The van der Waals surface area contributed by atoms with Gasteiger partial charge in [0.1, 0.15) is 17.3 Å². The Kier molecular flexibility index (Phi) is 5.93. The Morgan fingerprint density at radius 2 is 1.93 bits per heavy atom. The highest BCUT2D eigenvalue weighted by molar-refractivity contribution is 6.46.